The molecule has 1 atom stereocenters. The lowest BCUT2D eigenvalue weighted by Gasteiger charge is -2.46. The molecule has 1 unspecified atom stereocenters. The molecule has 3 rings (SSSR count). The minimum atomic E-state index is 0.271. The highest BCUT2D eigenvalue weighted by Gasteiger charge is 2.32. The van der Waals surface area contributed by atoms with Gasteiger partial charge in [-0.1, -0.05) is 20.8 Å². The van der Waals surface area contributed by atoms with E-state index in [1.165, 1.54) is 21.8 Å². The largest absolute Gasteiger partial charge is 0.785 e. The van der Waals surface area contributed by atoms with E-state index < -0.39 is 0 Å². The number of anilines is 1. The zero-order chi connectivity index (χ0) is 15.0. The third-order valence-electron chi connectivity index (χ3n) is 4.45. The third-order valence-corrected chi connectivity index (χ3v) is 4.45. The van der Waals surface area contributed by atoms with Crippen molar-refractivity contribution in [1.82, 2.24) is 15.1 Å². The van der Waals surface area contributed by atoms with Crippen molar-refractivity contribution in [2.75, 3.05) is 37.7 Å². The fraction of sp³-hybridized carbons (Fsp3) is 0.562. The molecule has 0 fully saturated rings. The van der Waals surface area contributed by atoms with E-state index in [-0.39, 0.29) is 5.92 Å². The number of pyridine rings is 1. The number of hydroxylamine groups is 2. The van der Waals surface area contributed by atoms with Crippen LogP contribution in [-0.2, 0) is 0 Å². The van der Waals surface area contributed by atoms with Gasteiger partial charge >= 0.3 is 0 Å². The third kappa shape index (κ3) is 2.46. The molecule has 114 valence electrons. The van der Waals surface area contributed by atoms with Crippen molar-refractivity contribution in [3.63, 3.8) is 0 Å². The Labute approximate surface area is 126 Å². The Bertz CT molecular complexity index is 553. The SMILES string of the molecule is CCN(CC)N1CC2=C(c3cccnc31)C(C)CN([O-])C2. The first-order valence-corrected chi connectivity index (χ1v) is 7.77. The molecule has 0 saturated carbocycles. The van der Waals surface area contributed by atoms with E-state index in [0.29, 0.717) is 13.1 Å². The van der Waals surface area contributed by atoms with Crippen LogP contribution in [0.25, 0.3) is 5.57 Å². The van der Waals surface area contributed by atoms with Crippen LogP contribution in [0, 0.1) is 11.1 Å². The molecule has 0 aromatic carbocycles. The molecule has 21 heavy (non-hydrogen) atoms. The Balaban J connectivity index is 2.08. The van der Waals surface area contributed by atoms with E-state index in [0.717, 1.165) is 25.5 Å². The van der Waals surface area contributed by atoms with Gasteiger partial charge in [0.25, 0.3) is 0 Å². The first-order chi connectivity index (χ1) is 10.2. The average Bonchev–Trinajstić information content (AvgIpc) is 2.47. The van der Waals surface area contributed by atoms with Crippen molar-refractivity contribution < 1.29 is 0 Å². The van der Waals surface area contributed by atoms with E-state index in [2.05, 4.69) is 41.8 Å². The van der Waals surface area contributed by atoms with Crippen molar-refractivity contribution in [1.29, 1.82) is 0 Å². The van der Waals surface area contributed by atoms with E-state index >= 15 is 0 Å². The number of hydrogen-bond acceptors (Lipinski definition) is 5. The zero-order valence-electron chi connectivity index (χ0n) is 13.0. The second-order valence-corrected chi connectivity index (χ2v) is 5.81. The molecule has 5 heteroatoms. The van der Waals surface area contributed by atoms with Crippen LogP contribution in [0.5, 0.6) is 0 Å². The molecule has 1 aromatic heterocycles. The van der Waals surface area contributed by atoms with Crippen LogP contribution in [0.2, 0.25) is 0 Å². The van der Waals surface area contributed by atoms with Gasteiger partial charge in [0.2, 0.25) is 0 Å². The van der Waals surface area contributed by atoms with E-state index in [1.54, 1.807) is 0 Å². The average molecular weight is 287 g/mol. The summed E-state index contributed by atoms with van der Waals surface area (Å²) in [6, 6.07) is 4.13. The topological polar surface area (TPSA) is 45.7 Å². The van der Waals surface area contributed by atoms with Gasteiger partial charge in [0, 0.05) is 31.4 Å². The van der Waals surface area contributed by atoms with Crippen LogP contribution in [0.1, 0.15) is 26.3 Å². The number of nitrogens with zero attached hydrogens (tertiary/aromatic N) is 4. The maximum atomic E-state index is 11.9. The maximum Gasteiger partial charge on any atom is 0.150 e. The molecule has 0 radical (unpaired) electrons. The molecule has 0 bridgehead atoms. The van der Waals surface area contributed by atoms with Gasteiger partial charge in [-0.2, -0.15) is 0 Å². The molecular formula is C16H23N4O-. The summed E-state index contributed by atoms with van der Waals surface area (Å²) >= 11 is 0. The zero-order valence-corrected chi connectivity index (χ0v) is 13.0. The molecule has 2 aliphatic rings. The molecule has 0 saturated heterocycles. The first-order valence-electron chi connectivity index (χ1n) is 7.77. The van der Waals surface area contributed by atoms with Crippen LogP contribution in [0.15, 0.2) is 23.9 Å². The molecule has 0 amide bonds. The van der Waals surface area contributed by atoms with Crippen molar-refractivity contribution >= 4 is 11.4 Å². The standard InChI is InChI=1S/C16H23N4O/c1-4-18(5-2)20-11-13-10-19(21)9-12(3)15(13)14-7-6-8-17-16(14)20/h6-8,12H,4-5,9-11H2,1-3H3/q-1. The second-order valence-electron chi connectivity index (χ2n) is 5.81. The summed E-state index contributed by atoms with van der Waals surface area (Å²) in [6.45, 7) is 10.2. The van der Waals surface area contributed by atoms with Gasteiger partial charge in [-0.05, 0) is 35.7 Å². The highest BCUT2D eigenvalue weighted by atomic mass is 16.5. The number of aromatic nitrogens is 1. The van der Waals surface area contributed by atoms with E-state index in [9.17, 15) is 5.21 Å². The lowest BCUT2D eigenvalue weighted by Crippen LogP contribution is -2.49. The smallest absolute Gasteiger partial charge is 0.150 e. The van der Waals surface area contributed by atoms with Gasteiger partial charge in [-0.25, -0.2) is 9.99 Å². The highest BCUT2D eigenvalue weighted by molar-refractivity contribution is 5.82. The van der Waals surface area contributed by atoms with E-state index in [4.69, 9.17) is 0 Å². The van der Waals surface area contributed by atoms with Gasteiger partial charge in [-0.15, -0.1) is 0 Å². The Morgan fingerprint density at radius 3 is 2.81 bits per heavy atom. The number of fused-ring (bicyclic) bond motifs is 2. The summed E-state index contributed by atoms with van der Waals surface area (Å²) in [5, 5.41) is 17.6. The summed E-state index contributed by atoms with van der Waals surface area (Å²) in [4.78, 5) is 4.62. The number of hydrogen-bond donors (Lipinski definition) is 0. The molecule has 5 nitrogen and oxygen atoms in total. The first kappa shape index (κ1) is 14.5. The van der Waals surface area contributed by atoms with Crippen molar-refractivity contribution in [3.8, 4) is 0 Å². The predicted octanol–water partition coefficient (Wildman–Crippen LogP) is 2.36. The van der Waals surface area contributed by atoms with Gasteiger partial charge in [0.05, 0.1) is 6.54 Å². The summed E-state index contributed by atoms with van der Waals surface area (Å²) in [7, 11) is 0. The predicted molar refractivity (Wildman–Crippen MR) is 85.5 cm³/mol. The van der Waals surface area contributed by atoms with Crippen molar-refractivity contribution in [3.05, 3.63) is 34.7 Å². The fourth-order valence-corrected chi connectivity index (χ4v) is 3.57. The van der Waals surface area contributed by atoms with Gasteiger partial charge in [0.1, 0.15) is 0 Å². The lowest BCUT2D eigenvalue weighted by molar-refractivity contribution is 0.270. The minimum absolute atomic E-state index is 0.271. The molecule has 1 aromatic rings. The Morgan fingerprint density at radius 1 is 1.33 bits per heavy atom. The Morgan fingerprint density at radius 2 is 2.10 bits per heavy atom. The van der Waals surface area contributed by atoms with Crippen molar-refractivity contribution in [2.24, 2.45) is 5.92 Å². The van der Waals surface area contributed by atoms with E-state index in [1.807, 2.05) is 12.3 Å². The monoisotopic (exact) mass is 287 g/mol. The summed E-state index contributed by atoms with van der Waals surface area (Å²) in [6.07, 6.45) is 1.86. The molecular weight excluding hydrogens is 264 g/mol. The fourth-order valence-electron chi connectivity index (χ4n) is 3.57. The quantitative estimate of drug-likeness (QED) is 0.854. The highest BCUT2D eigenvalue weighted by Crippen LogP contribution is 2.40. The van der Waals surface area contributed by atoms with Gasteiger partial charge < -0.3 is 10.3 Å². The van der Waals surface area contributed by atoms with Crippen LogP contribution < -0.4 is 5.01 Å². The molecule has 0 spiro atoms. The van der Waals surface area contributed by atoms with Crippen molar-refractivity contribution in [2.45, 2.75) is 20.8 Å². The summed E-state index contributed by atoms with van der Waals surface area (Å²) in [5.74, 6) is 1.30. The normalized spacial score (nSPS) is 22.5. The summed E-state index contributed by atoms with van der Waals surface area (Å²) in [5.41, 5.74) is 3.79. The van der Waals surface area contributed by atoms with Gasteiger partial charge in [0.15, 0.2) is 5.82 Å². The Kier molecular flexibility index (Phi) is 3.97. The molecule has 0 N–H and O–H groups in total. The minimum Gasteiger partial charge on any atom is -0.785 e. The maximum absolute atomic E-state index is 11.9. The number of hydrazine groups is 1. The number of rotatable bonds is 3. The van der Waals surface area contributed by atoms with Crippen LogP contribution in [0.3, 0.4) is 0 Å². The molecule has 3 heterocycles. The Hall–Kier alpha value is -1.43. The molecule has 2 aliphatic heterocycles. The lowest BCUT2D eigenvalue weighted by atomic mass is 9.84. The van der Waals surface area contributed by atoms with Crippen LogP contribution in [-0.4, -0.2) is 47.8 Å². The van der Waals surface area contributed by atoms with Gasteiger partial charge in [-0.3, -0.25) is 5.01 Å². The summed E-state index contributed by atoms with van der Waals surface area (Å²) < 4.78 is 0. The van der Waals surface area contributed by atoms with Crippen LogP contribution in [0.4, 0.5) is 5.82 Å². The van der Waals surface area contributed by atoms with Crippen LogP contribution >= 0.6 is 0 Å². The molecule has 0 aliphatic carbocycles. The second kappa shape index (κ2) is 5.75.